The first-order valence-electron chi connectivity index (χ1n) is 15.7. The second-order valence-corrected chi connectivity index (χ2v) is 14.9. The predicted molar refractivity (Wildman–Crippen MR) is 165 cm³/mol. The fraction of sp³-hybridized carbons (Fsp3) is 0.676. The molecule has 2 bridgehead atoms. The fourth-order valence-corrected chi connectivity index (χ4v) is 9.56. The van der Waals surface area contributed by atoms with E-state index in [-0.39, 0.29) is 52.6 Å². The summed E-state index contributed by atoms with van der Waals surface area (Å²) in [6.45, 7) is 13.9. The first-order valence-corrected chi connectivity index (χ1v) is 16.7. The highest BCUT2D eigenvalue weighted by atomic mass is 32.2. The molecule has 9 atom stereocenters. The summed E-state index contributed by atoms with van der Waals surface area (Å²) in [6, 6.07) is 7.75. The molecule has 1 saturated heterocycles. The van der Waals surface area contributed by atoms with Crippen LogP contribution in [-0.2, 0) is 25.7 Å². The van der Waals surface area contributed by atoms with Crippen LogP contribution < -0.4 is 10.6 Å². The van der Waals surface area contributed by atoms with Crippen LogP contribution in [0.1, 0.15) is 78.2 Å². The maximum Gasteiger partial charge on any atom is 0.316 e. The molecule has 0 radical (unpaired) electrons. The van der Waals surface area contributed by atoms with Crippen molar-refractivity contribution in [3.63, 3.8) is 0 Å². The van der Waals surface area contributed by atoms with Crippen molar-refractivity contribution < 1.29 is 24.2 Å². The number of hydrogen-bond donors (Lipinski definition) is 3. The minimum absolute atomic E-state index is 0.0227. The molecule has 0 spiro atoms. The highest BCUT2D eigenvalue weighted by Gasteiger charge is 2.68. The van der Waals surface area contributed by atoms with Crippen molar-refractivity contribution in [3.05, 3.63) is 42.5 Å². The first kappa shape index (κ1) is 31.3. The lowest BCUT2D eigenvalue weighted by Gasteiger charge is -2.61. The van der Waals surface area contributed by atoms with Gasteiger partial charge in [0.1, 0.15) is 11.9 Å². The van der Waals surface area contributed by atoms with Gasteiger partial charge in [-0.15, -0.1) is 18.3 Å². The van der Waals surface area contributed by atoms with Gasteiger partial charge in [-0.25, -0.2) is 0 Å². The van der Waals surface area contributed by atoms with Gasteiger partial charge < -0.3 is 20.5 Å². The van der Waals surface area contributed by atoms with Gasteiger partial charge in [-0.1, -0.05) is 45.9 Å². The fourth-order valence-electron chi connectivity index (χ4n) is 8.80. The molecule has 4 unspecified atom stereocenters. The summed E-state index contributed by atoms with van der Waals surface area (Å²) < 4.78 is 6.37. The molecule has 8 heteroatoms. The molecule has 1 amide bonds. The zero-order valence-electron chi connectivity index (χ0n) is 25.6. The second-order valence-electron chi connectivity index (χ2n) is 13.9. The average molecular weight is 597 g/mol. The van der Waals surface area contributed by atoms with Crippen molar-refractivity contribution in [3.8, 4) is 0 Å². The van der Waals surface area contributed by atoms with Crippen LogP contribution in [0.4, 0.5) is 0 Å². The van der Waals surface area contributed by atoms with Crippen molar-refractivity contribution in [2.75, 3.05) is 12.3 Å². The Balaban J connectivity index is 1.31. The van der Waals surface area contributed by atoms with E-state index >= 15 is 0 Å². The van der Waals surface area contributed by atoms with Gasteiger partial charge in [0.15, 0.2) is 0 Å². The van der Waals surface area contributed by atoms with Crippen molar-refractivity contribution in [2.24, 2.45) is 34.0 Å². The topological polar surface area (TPSA) is 105 Å². The number of aliphatic hydroxyl groups is 1. The summed E-state index contributed by atoms with van der Waals surface area (Å²) >= 11 is 1.41. The van der Waals surface area contributed by atoms with Crippen LogP contribution >= 0.6 is 11.8 Å². The molecule has 7 nitrogen and oxygen atoms in total. The number of ether oxygens (including phenoxy) is 1. The maximum absolute atomic E-state index is 13.6. The second kappa shape index (κ2) is 12.1. The van der Waals surface area contributed by atoms with Crippen molar-refractivity contribution in [1.29, 1.82) is 0 Å². The Labute approximate surface area is 255 Å². The van der Waals surface area contributed by atoms with Crippen LogP contribution in [-0.4, -0.2) is 53.3 Å². The van der Waals surface area contributed by atoms with Crippen molar-refractivity contribution >= 4 is 29.4 Å². The van der Waals surface area contributed by atoms with E-state index in [1.54, 1.807) is 0 Å². The number of hydrogen-bond acceptors (Lipinski definition) is 7. The Hall–Kier alpha value is -2.16. The molecule has 5 rings (SSSR count). The number of esters is 1. The minimum atomic E-state index is -0.676. The molecule has 4 fully saturated rings. The molecule has 0 aromatic heterocycles. The zero-order valence-corrected chi connectivity index (χ0v) is 26.4. The Morgan fingerprint density at radius 2 is 2.02 bits per heavy atom. The van der Waals surface area contributed by atoms with E-state index in [9.17, 15) is 19.5 Å². The SMILES string of the molecule is C=C[C@]1(C)C[C@@H](OC(=O)CSc2cccc(CNC(=O)C3CCCN3)c2)[C@]2(C)C(C)CCC3(CCC(=O)C32)[C@@H](C)[C@@H]1O. The summed E-state index contributed by atoms with van der Waals surface area (Å²) in [5.74, 6) is 0.0116. The van der Waals surface area contributed by atoms with Crippen LogP contribution in [0.25, 0.3) is 0 Å². The van der Waals surface area contributed by atoms with Gasteiger partial charge >= 0.3 is 5.97 Å². The van der Waals surface area contributed by atoms with E-state index < -0.39 is 23.0 Å². The predicted octanol–water partition coefficient (Wildman–Crippen LogP) is 5.05. The highest BCUT2D eigenvalue weighted by Crippen LogP contribution is 2.68. The Morgan fingerprint density at radius 3 is 2.74 bits per heavy atom. The van der Waals surface area contributed by atoms with Gasteiger partial charge in [0.25, 0.3) is 0 Å². The molecular weight excluding hydrogens is 548 g/mol. The standard InChI is InChI=1S/C34H48N2O5S/c1-6-32(4)18-27(33(5)21(2)12-14-34(22(3)30(32)39)15-13-26(37)29(33)34)41-28(38)20-42-24-10-7-9-23(17-24)19-36-31(40)25-11-8-16-35-25/h6-7,9-10,17,21-22,25,27,29-30,35,39H,1,8,11-16,18-20H2,2-5H3,(H,36,40)/t21?,22-,25?,27+,29?,30-,32+,33-,34?/m0/s1. The maximum atomic E-state index is 13.6. The lowest BCUT2D eigenvalue weighted by molar-refractivity contribution is -0.205. The largest absolute Gasteiger partial charge is 0.461 e. The number of nitrogens with one attached hydrogen (secondary N) is 2. The van der Waals surface area contributed by atoms with Gasteiger partial charge in [-0.3, -0.25) is 14.4 Å². The number of aliphatic hydroxyl groups excluding tert-OH is 1. The number of carbonyl (C=O) groups excluding carboxylic acids is 3. The first-order chi connectivity index (χ1) is 19.9. The molecule has 4 aliphatic rings. The average Bonchev–Trinajstić information content (AvgIpc) is 3.65. The molecule has 3 aliphatic carbocycles. The number of thioether (sulfide) groups is 1. The Bertz CT molecular complexity index is 1220. The third-order valence-corrected chi connectivity index (χ3v) is 12.6. The van der Waals surface area contributed by atoms with Crippen LogP contribution in [0.2, 0.25) is 0 Å². The smallest absolute Gasteiger partial charge is 0.316 e. The number of rotatable bonds is 8. The lowest BCUT2D eigenvalue weighted by atomic mass is 9.44. The van der Waals surface area contributed by atoms with E-state index in [1.807, 2.05) is 37.3 Å². The summed E-state index contributed by atoms with van der Waals surface area (Å²) in [5.41, 5.74) is -0.473. The number of carbonyl (C=O) groups is 3. The number of Topliss-reactive ketones (excluding diaryl/α,β-unsaturated/α-hetero) is 1. The van der Waals surface area contributed by atoms with E-state index in [0.717, 1.165) is 49.1 Å². The number of benzene rings is 1. The van der Waals surface area contributed by atoms with Gasteiger partial charge in [-0.05, 0) is 80.0 Å². The molecule has 3 N–H and O–H groups in total. The molecule has 1 aromatic rings. The molecule has 1 aromatic carbocycles. The van der Waals surface area contributed by atoms with Gasteiger partial charge in [0.05, 0.1) is 17.9 Å². The summed E-state index contributed by atoms with van der Waals surface area (Å²) in [6.07, 6.45) is 6.13. The van der Waals surface area contributed by atoms with E-state index in [1.165, 1.54) is 11.8 Å². The molecule has 1 aliphatic heterocycles. The lowest BCUT2D eigenvalue weighted by Crippen LogP contribution is -2.63. The van der Waals surface area contributed by atoms with Gasteiger partial charge in [-0.2, -0.15) is 0 Å². The third kappa shape index (κ3) is 5.48. The van der Waals surface area contributed by atoms with E-state index in [4.69, 9.17) is 4.74 Å². The molecule has 3 saturated carbocycles. The van der Waals surface area contributed by atoms with Crippen LogP contribution in [0.3, 0.4) is 0 Å². The van der Waals surface area contributed by atoms with Crippen LogP contribution in [0, 0.1) is 34.0 Å². The van der Waals surface area contributed by atoms with Crippen LogP contribution in [0.15, 0.2) is 41.8 Å². The van der Waals surface area contributed by atoms with Gasteiger partial charge in [0, 0.05) is 34.6 Å². The highest BCUT2D eigenvalue weighted by molar-refractivity contribution is 8.00. The Kier molecular flexibility index (Phi) is 9.00. The van der Waals surface area contributed by atoms with Crippen molar-refractivity contribution in [1.82, 2.24) is 10.6 Å². The molecular formula is C34H48N2O5S. The summed E-state index contributed by atoms with van der Waals surface area (Å²) in [5, 5.41) is 17.9. The molecule has 42 heavy (non-hydrogen) atoms. The third-order valence-electron chi connectivity index (χ3n) is 11.7. The van der Waals surface area contributed by atoms with Gasteiger partial charge in [0.2, 0.25) is 5.91 Å². The molecule has 1 heterocycles. The number of amides is 1. The quantitative estimate of drug-likeness (QED) is 0.219. The summed E-state index contributed by atoms with van der Waals surface area (Å²) in [4.78, 5) is 40.4. The normalized spacial score (nSPS) is 39.6. The van der Waals surface area contributed by atoms with Crippen LogP contribution in [0.5, 0.6) is 0 Å². The minimum Gasteiger partial charge on any atom is -0.461 e. The summed E-state index contributed by atoms with van der Waals surface area (Å²) in [7, 11) is 0. The Morgan fingerprint density at radius 1 is 1.24 bits per heavy atom. The zero-order chi connectivity index (χ0) is 30.3. The molecule has 230 valence electrons. The van der Waals surface area contributed by atoms with Crippen molar-refractivity contribution in [2.45, 2.75) is 102 Å². The van der Waals surface area contributed by atoms with E-state index in [2.05, 4.69) is 38.0 Å². The number of ketones is 1. The monoisotopic (exact) mass is 596 g/mol. The van der Waals surface area contributed by atoms with E-state index in [0.29, 0.717) is 19.4 Å².